The Bertz CT molecular complexity index is 646. The van der Waals surface area contributed by atoms with E-state index in [1.54, 1.807) is 4.90 Å². The molecule has 1 aromatic carbocycles. The number of alkyl halides is 3. The standard InChI is InChI=1S/C13H12F3N5/c14-13(15,16)12-18-10(20-17)5-11(19-12)21-6-8-3-1-2-4-9(8)7-21/h1-5H,6-7,17H2,(H,18,19,20). The molecule has 3 rings (SSSR count). The quantitative estimate of drug-likeness (QED) is 0.657. The van der Waals surface area contributed by atoms with E-state index < -0.39 is 12.0 Å². The number of nitrogens with zero attached hydrogens (tertiary/aromatic N) is 3. The highest BCUT2D eigenvalue weighted by Crippen LogP contribution is 2.32. The average Bonchev–Trinajstić information content (AvgIpc) is 2.89. The first-order valence-corrected chi connectivity index (χ1v) is 6.22. The number of fused-ring (bicyclic) bond motifs is 1. The molecule has 0 unspecified atom stereocenters. The van der Waals surface area contributed by atoms with E-state index in [-0.39, 0.29) is 11.6 Å². The van der Waals surface area contributed by atoms with Crippen molar-refractivity contribution in [2.45, 2.75) is 19.3 Å². The van der Waals surface area contributed by atoms with Crippen molar-refractivity contribution in [3.8, 4) is 0 Å². The number of halogens is 3. The van der Waals surface area contributed by atoms with Crippen LogP contribution in [0.25, 0.3) is 0 Å². The Labute approximate surface area is 118 Å². The van der Waals surface area contributed by atoms with Crippen molar-refractivity contribution in [2.75, 3.05) is 10.3 Å². The molecule has 1 aliphatic rings. The van der Waals surface area contributed by atoms with Gasteiger partial charge in [0.05, 0.1) is 0 Å². The second kappa shape index (κ2) is 4.88. The van der Waals surface area contributed by atoms with Crippen LogP contribution in [0.4, 0.5) is 24.8 Å². The van der Waals surface area contributed by atoms with Crippen LogP contribution in [0.2, 0.25) is 0 Å². The summed E-state index contributed by atoms with van der Waals surface area (Å²) in [6.45, 7) is 1.02. The zero-order valence-corrected chi connectivity index (χ0v) is 10.9. The van der Waals surface area contributed by atoms with Crippen molar-refractivity contribution in [1.29, 1.82) is 0 Å². The molecule has 110 valence electrons. The molecule has 0 radical (unpaired) electrons. The second-order valence-corrected chi connectivity index (χ2v) is 4.70. The van der Waals surface area contributed by atoms with Gasteiger partial charge in [0.2, 0.25) is 5.82 Å². The van der Waals surface area contributed by atoms with Crippen LogP contribution in [0.3, 0.4) is 0 Å². The van der Waals surface area contributed by atoms with Crippen molar-refractivity contribution in [3.05, 3.63) is 47.3 Å². The van der Waals surface area contributed by atoms with Crippen LogP contribution in [0.1, 0.15) is 17.0 Å². The highest BCUT2D eigenvalue weighted by molar-refractivity contribution is 5.52. The molecule has 3 N–H and O–H groups in total. The maximum atomic E-state index is 12.8. The molecule has 21 heavy (non-hydrogen) atoms. The summed E-state index contributed by atoms with van der Waals surface area (Å²) in [5.41, 5.74) is 4.30. The first-order chi connectivity index (χ1) is 9.97. The molecule has 1 aliphatic heterocycles. The minimum Gasteiger partial charge on any atom is -0.348 e. The molecule has 0 saturated carbocycles. The number of nitrogens with one attached hydrogen (secondary N) is 1. The fourth-order valence-electron chi connectivity index (χ4n) is 2.29. The maximum Gasteiger partial charge on any atom is 0.451 e. The maximum absolute atomic E-state index is 12.8. The van der Waals surface area contributed by atoms with Gasteiger partial charge in [0.1, 0.15) is 11.6 Å². The summed E-state index contributed by atoms with van der Waals surface area (Å²) in [5, 5.41) is 0. The molecular formula is C13H12F3N5. The average molecular weight is 295 g/mol. The smallest absolute Gasteiger partial charge is 0.348 e. The van der Waals surface area contributed by atoms with Crippen LogP contribution in [0.15, 0.2) is 30.3 Å². The number of nitrogen functional groups attached to an aromatic ring is 1. The summed E-state index contributed by atoms with van der Waals surface area (Å²) in [5.74, 6) is 4.11. The largest absolute Gasteiger partial charge is 0.451 e. The van der Waals surface area contributed by atoms with E-state index >= 15 is 0 Å². The number of nitrogens with two attached hydrogens (primary N) is 1. The molecular weight excluding hydrogens is 283 g/mol. The van der Waals surface area contributed by atoms with E-state index in [4.69, 9.17) is 5.84 Å². The van der Waals surface area contributed by atoms with Crippen molar-refractivity contribution in [1.82, 2.24) is 9.97 Å². The summed E-state index contributed by atoms with van der Waals surface area (Å²) >= 11 is 0. The lowest BCUT2D eigenvalue weighted by Crippen LogP contribution is -2.21. The fourth-order valence-corrected chi connectivity index (χ4v) is 2.29. The normalized spacial score (nSPS) is 14.2. The Morgan fingerprint density at radius 3 is 2.24 bits per heavy atom. The zero-order chi connectivity index (χ0) is 15.0. The van der Waals surface area contributed by atoms with Crippen molar-refractivity contribution >= 4 is 11.6 Å². The van der Waals surface area contributed by atoms with Gasteiger partial charge in [-0.05, 0) is 11.1 Å². The highest BCUT2D eigenvalue weighted by atomic mass is 19.4. The lowest BCUT2D eigenvalue weighted by molar-refractivity contribution is -0.144. The summed E-state index contributed by atoms with van der Waals surface area (Å²) in [4.78, 5) is 8.71. The SMILES string of the molecule is NNc1cc(N2Cc3ccccc3C2)nc(C(F)(F)F)n1. The molecule has 0 aliphatic carbocycles. The number of hydrazine groups is 1. The van der Waals surface area contributed by atoms with Gasteiger partial charge >= 0.3 is 6.18 Å². The third-order valence-electron chi connectivity index (χ3n) is 3.28. The highest BCUT2D eigenvalue weighted by Gasteiger charge is 2.36. The topological polar surface area (TPSA) is 67.1 Å². The van der Waals surface area contributed by atoms with Crippen molar-refractivity contribution < 1.29 is 13.2 Å². The van der Waals surface area contributed by atoms with Gasteiger partial charge in [-0.15, -0.1) is 0 Å². The number of hydrogen-bond acceptors (Lipinski definition) is 5. The molecule has 0 fully saturated rings. The summed E-state index contributed by atoms with van der Waals surface area (Å²) in [6.07, 6.45) is -4.62. The number of anilines is 2. The molecule has 1 aromatic heterocycles. The Hall–Kier alpha value is -2.35. The van der Waals surface area contributed by atoms with E-state index in [1.807, 2.05) is 24.3 Å². The Morgan fingerprint density at radius 2 is 1.71 bits per heavy atom. The van der Waals surface area contributed by atoms with Crippen LogP contribution < -0.4 is 16.2 Å². The summed E-state index contributed by atoms with van der Waals surface area (Å²) < 4.78 is 38.5. The minimum atomic E-state index is -4.62. The first-order valence-electron chi connectivity index (χ1n) is 6.22. The third-order valence-corrected chi connectivity index (χ3v) is 3.28. The molecule has 2 aromatic rings. The Kier molecular flexibility index (Phi) is 3.17. The van der Waals surface area contributed by atoms with Gasteiger partial charge in [-0.1, -0.05) is 24.3 Å². The van der Waals surface area contributed by atoms with E-state index in [0.717, 1.165) is 11.1 Å². The summed E-state index contributed by atoms with van der Waals surface area (Å²) in [7, 11) is 0. The van der Waals surface area contributed by atoms with E-state index in [2.05, 4.69) is 15.4 Å². The summed E-state index contributed by atoms with van der Waals surface area (Å²) in [6, 6.07) is 9.10. The Morgan fingerprint density at radius 1 is 1.10 bits per heavy atom. The Balaban J connectivity index is 1.97. The van der Waals surface area contributed by atoms with E-state index in [9.17, 15) is 13.2 Å². The van der Waals surface area contributed by atoms with Crippen LogP contribution in [0, 0.1) is 0 Å². The van der Waals surface area contributed by atoms with Gasteiger partial charge in [-0.25, -0.2) is 15.8 Å². The van der Waals surface area contributed by atoms with Crippen molar-refractivity contribution in [2.24, 2.45) is 5.84 Å². The number of aromatic nitrogens is 2. The monoisotopic (exact) mass is 295 g/mol. The molecule has 5 nitrogen and oxygen atoms in total. The molecule has 2 heterocycles. The minimum absolute atomic E-state index is 0.0664. The predicted octanol–water partition coefficient (Wildman–Crippen LogP) is 2.30. The number of hydrogen-bond donors (Lipinski definition) is 2. The lowest BCUT2D eigenvalue weighted by Gasteiger charge is -2.18. The van der Waals surface area contributed by atoms with Gasteiger partial charge in [0, 0.05) is 19.2 Å². The molecule has 0 spiro atoms. The molecule has 0 saturated heterocycles. The molecule has 0 bridgehead atoms. The number of rotatable bonds is 2. The van der Waals surface area contributed by atoms with Gasteiger partial charge < -0.3 is 10.3 Å². The predicted molar refractivity (Wildman–Crippen MR) is 71.2 cm³/mol. The third kappa shape index (κ3) is 2.62. The van der Waals surface area contributed by atoms with Gasteiger partial charge in [0.25, 0.3) is 0 Å². The second-order valence-electron chi connectivity index (χ2n) is 4.70. The van der Waals surface area contributed by atoms with Gasteiger partial charge in [-0.2, -0.15) is 13.2 Å². The first kappa shape index (κ1) is 13.6. The molecule has 0 amide bonds. The van der Waals surface area contributed by atoms with Crippen LogP contribution in [-0.2, 0) is 19.3 Å². The van der Waals surface area contributed by atoms with E-state index in [1.165, 1.54) is 6.07 Å². The van der Waals surface area contributed by atoms with Crippen LogP contribution in [0.5, 0.6) is 0 Å². The molecule has 8 heteroatoms. The van der Waals surface area contributed by atoms with Crippen LogP contribution >= 0.6 is 0 Å². The van der Waals surface area contributed by atoms with E-state index in [0.29, 0.717) is 13.1 Å². The lowest BCUT2D eigenvalue weighted by atomic mass is 10.1. The fraction of sp³-hybridized carbons (Fsp3) is 0.231. The van der Waals surface area contributed by atoms with Crippen LogP contribution in [-0.4, -0.2) is 9.97 Å². The molecule has 0 atom stereocenters. The van der Waals surface area contributed by atoms with Gasteiger partial charge in [-0.3, -0.25) is 0 Å². The zero-order valence-electron chi connectivity index (χ0n) is 10.9. The van der Waals surface area contributed by atoms with Crippen molar-refractivity contribution in [3.63, 3.8) is 0 Å². The van der Waals surface area contributed by atoms with Gasteiger partial charge in [0.15, 0.2) is 0 Å². The number of benzene rings is 1.